The Labute approximate surface area is 126 Å². The number of rotatable bonds is 4. The number of nitrogens with one attached hydrogen (secondary N) is 1. The molecule has 2 aromatic rings. The second kappa shape index (κ2) is 5.38. The highest BCUT2D eigenvalue weighted by atomic mass is 79.9. The Kier molecular flexibility index (Phi) is 3.78. The van der Waals surface area contributed by atoms with Crippen molar-refractivity contribution in [3.05, 3.63) is 39.0 Å². The summed E-state index contributed by atoms with van der Waals surface area (Å²) >= 11 is 5.34. The molecule has 3 nitrogen and oxygen atoms in total. The van der Waals surface area contributed by atoms with Gasteiger partial charge in [-0.3, -0.25) is 0 Å². The second-order valence-electron chi connectivity index (χ2n) is 5.42. The molecule has 1 saturated heterocycles. The summed E-state index contributed by atoms with van der Waals surface area (Å²) in [4.78, 5) is 5.78. The summed E-state index contributed by atoms with van der Waals surface area (Å²) in [5, 5.41) is 3.46. The standard InChI is InChI=1S/C14H18BrN3S/c1-14(5-6-16-9-14)12-8-17-10-18(12)7-4-11-2-3-13(15)19-11/h2-3,8,10,16H,4-7,9H2,1H3. The van der Waals surface area contributed by atoms with Crippen LogP contribution in [0.15, 0.2) is 28.4 Å². The lowest BCUT2D eigenvalue weighted by Crippen LogP contribution is -2.28. The van der Waals surface area contributed by atoms with Crippen LogP contribution in [0.5, 0.6) is 0 Å². The van der Waals surface area contributed by atoms with Crippen LogP contribution >= 0.6 is 27.3 Å². The van der Waals surface area contributed by atoms with Gasteiger partial charge in [0.25, 0.3) is 0 Å². The van der Waals surface area contributed by atoms with Gasteiger partial charge in [-0.25, -0.2) is 4.98 Å². The molecule has 1 unspecified atom stereocenters. The van der Waals surface area contributed by atoms with Crippen molar-refractivity contribution in [3.63, 3.8) is 0 Å². The van der Waals surface area contributed by atoms with Crippen LogP contribution in [0.4, 0.5) is 0 Å². The fraction of sp³-hybridized carbons (Fsp3) is 0.500. The van der Waals surface area contributed by atoms with Crippen molar-refractivity contribution in [2.45, 2.75) is 31.7 Å². The first-order valence-electron chi connectivity index (χ1n) is 6.63. The van der Waals surface area contributed by atoms with Gasteiger partial charge in [-0.15, -0.1) is 11.3 Å². The normalized spacial score (nSPS) is 23.1. The number of imidazole rings is 1. The van der Waals surface area contributed by atoms with E-state index in [0.29, 0.717) is 0 Å². The summed E-state index contributed by atoms with van der Waals surface area (Å²) in [5.74, 6) is 0. The molecule has 3 heterocycles. The van der Waals surface area contributed by atoms with E-state index < -0.39 is 0 Å². The molecule has 2 aromatic heterocycles. The first kappa shape index (κ1) is 13.3. The van der Waals surface area contributed by atoms with Gasteiger partial charge in [0, 0.05) is 35.3 Å². The fourth-order valence-electron chi connectivity index (χ4n) is 2.75. The maximum absolute atomic E-state index is 4.36. The van der Waals surface area contributed by atoms with E-state index in [1.807, 2.05) is 23.9 Å². The van der Waals surface area contributed by atoms with Gasteiger partial charge in [0.15, 0.2) is 0 Å². The summed E-state index contributed by atoms with van der Waals surface area (Å²) in [7, 11) is 0. The van der Waals surface area contributed by atoms with E-state index in [2.05, 4.69) is 49.9 Å². The van der Waals surface area contributed by atoms with E-state index in [-0.39, 0.29) is 5.41 Å². The van der Waals surface area contributed by atoms with Crippen molar-refractivity contribution >= 4 is 27.3 Å². The smallest absolute Gasteiger partial charge is 0.0948 e. The highest BCUT2D eigenvalue weighted by Crippen LogP contribution is 2.30. The van der Waals surface area contributed by atoms with Crippen molar-refractivity contribution < 1.29 is 0 Å². The number of hydrogen-bond acceptors (Lipinski definition) is 3. The van der Waals surface area contributed by atoms with Gasteiger partial charge in [0.1, 0.15) is 0 Å². The Morgan fingerprint density at radius 1 is 1.53 bits per heavy atom. The summed E-state index contributed by atoms with van der Waals surface area (Å²) < 4.78 is 3.53. The molecule has 0 saturated carbocycles. The van der Waals surface area contributed by atoms with E-state index in [4.69, 9.17) is 0 Å². The lowest BCUT2D eigenvalue weighted by Gasteiger charge is -2.24. The third kappa shape index (κ3) is 2.78. The van der Waals surface area contributed by atoms with Crippen LogP contribution in [-0.2, 0) is 18.4 Å². The van der Waals surface area contributed by atoms with Crippen molar-refractivity contribution in [2.24, 2.45) is 0 Å². The SMILES string of the molecule is CC1(c2cncn2CCc2ccc(Br)s2)CCNC1. The Hall–Kier alpha value is -0.650. The van der Waals surface area contributed by atoms with Crippen molar-refractivity contribution in [3.8, 4) is 0 Å². The number of aromatic nitrogens is 2. The third-order valence-corrected chi connectivity index (χ3v) is 5.61. The molecule has 1 aliphatic heterocycles. The van der Waals surface area contributed by atoms with Gasteiger partial charge >= 0.3 is 0 Å². The second-order valence-corrected chi connectivity index (χ2v) is 7.96. The topological polar surface area (TPSA) is 29.9 Å². The van der Waals surface area contributed by atoms with Crippen LogP contribution in [0.3, 0.4) is 0 Å². The molecule has 1 fully saturated rings. The van der Waals surface area contributed by atoms with Crippen LogP contribution in [0.25, 0.3) is 0 Å². The monoisotopic (exact) mass is 339 g/mol. The Bertz CT molecular complexity index is 555. The molecule has 5 heteroatoms. The van der Waals surface area contributed by atoms with Crippen LogP contribution in [-0.4, -0.2) is 22.6 Å². The van der Waals surface area contributed by atoms with Gasteiger partial charge < -0.3 is 9.88 Å². The first-order valence-corrected chi connectivity index (χ1v) is 8.24. The van der Waals surface area contributed by atoms with Crippen LogP contribution < -0.4 is 5.32 Å². The first-order chi connectivity index (χ1) is 9.17. The Morgan fingerprint density at radius 2 is 2.42 bits per heavy atom. The quantitative estimate of drug-likeness (QED) is 0.926. The molecule has 1 atom stereocenters. The Morgan fingerprint density at radius 3 is 3.11 bits per heavy atom. The Balaban J connectivity index is 1.73. The molecule has 0 aliphatic carbocycles. The molecule has 102 valence electrons. The maximum Gasteiger partial charge on any atom is 0.0948 e. The molecule has 0 radical (unpaired) electrons. The summed E-state index contributed by atoms with van der Waals surface area (Å²) in [6.07, 6.45) is 6.28. The lowest BCUT2D eigenvalue weighted by atomic mass is 9.86. The van der Waals surface area contributed by atoms with Gasteiger partial charge in [-0.2, -0.15) is 0 Å². The predicted octanol–water partition coefficient (Wildman–Crippen LogP) is 3.20. The molecule has 19 heavy (non-hydrogen) atoms. The molecular weight excluding hydrogens is 322 g/mol. The molecule has 0 bridgehead atoms. The minimum absolute atomic E-state index is 0.243. The van der Waals surface area contributed by atoms with E-state index in [1.165, 1.54) is 20.8 Å². The fourth-order valence-corrected chi connectivity index (χ4v) is 4.23. The number of hydrogen-bond donors (Lipinski definition) is 1. The van der Waals surface area contributed by atoms with E-state index in [0.717, 1.165) is 26.1 Å². The van der Waals surface area contributed by atoms with Crippen molar-refractivity contribution in [1.82, 2.24) is 14.9 Å². The number of aryl methyl sites for hydroxylation is 2. The molecule has 0 aromatic carbocycles. The van der Waals surface area contributed by atoms with Crippen LogP contribution in [0, 0.1) is 0 Å². The van der Waals surface area contributed by atoms with Gasteiger partial charge in [-0.1, -0.05) is 6.92 Å². The van der Waals surface area contributed by atoms with Gasteiger partial charge in [0.2, 0.25) is 0 Å². The summed E-state index contributed by atoms with van der Waals surface area (Å²) in [5.41, 5.74) is 1.61. The zero-order valence-corrected chi connectivity index (χ0v) is 13.4. The molecule has 1 N–H and O–H groups in total. The molecule has 1 aliphatic rings. The van der Waals surface area contributed by atoms with E-state index in [9.17, 15) is 0 Å². The van der Waals surface area contributed by atoms with Crippen molar-refractivity contribution in [1.29, 1.82) is 0 Å². The highest BCUT2D eigenvalue weighted by molar-refractivity contribution is 9.11. The van der Waals surface area contributed by atoms with E-state index >= 15 is 0 Å². The number of nitrogens with zero attached hydrogens (tertiary/aromatic N) is 2. The predicted molar refractivity (Wildman–Crippen MR) is 82.8 cm³/mol. The lowest BCUT2D eigenvalue weighted by molar-refractivity contribution is 0.472. The number of thiophene rings is 1. The average Bonchev–Trinajstić information content (AvgIpc) is 3.07. The maximum atomic E-state index is 4.36. The highest BCUT2D eigenvalue weighted by Gasteiger charge is 2.33. The molecular formula is C14H18BrN3S. The summed E-state index contributed by atoms with van der Waals surface area (Å²) in [6.45, 7) is 5.52. The van der Waals surface area contributed by atoms with E-state index in [1.54, 1.807) is 0 Å². The molecule has 0 amide bonds. The minimum atomic E-state index is 0.243. The zero-order valence-electron chi connectivity index (χ0n) is 11.0. The largest absolute Gasteiger partial charge is 0.334 e. The average molecular weight is 340 g/mol. The van der Waals surface area contributed by atoms with Gasteiger partial charge in [0.05, 0.1) is 10.1 Å². The zero-order chi connectivity index (χ0) is 13.3. The summed E-state index contributed by atoms with van der Waals surface area (Å²) in [6, 6.07) is 4.32. The third-order valence-electron chi connectivity index (χ3n) is 3.93. The molecule has 0 spiro atoms. The molecule has 3 rings (SSSR count). The van der Waals surface area contributed by atoms with Crippen molar-refractivity contribution in [2.75, 3.05) is 13.1 Å². The number of halogens is 1. The minimum Gasteiger partial charge on any atom is -0.334 e. The van der Waals surface area contributed by atoms with Gasteiger partial charge in [-0.05, 0) is 47.4 Å². The van der Waals surface area contributed by atoms with Crippen LogP contribution in [0.2, 0.25) is 0 Å². The van der Waals surface area contributed by atoms with Crippen LogP contribution in [0.1, 0.15) is 23.9 Å².